The molecule has 7 heteroatoms. The molecule has 0 amide bonds. The van der Waals surface area contributed by atoms with Crippen molar-refractivity contribution in [2.45, 2.75) is 19.9 Å². The Hall–Kier alpha value is -2.70. The SMILES string of the molecule is CCCNc1ccc([N+](=O)[O-])cc1Cn1cccnc1=O. The summed E-state index contributed by atoms with van der Waals surface area (Å²) in [6, 6.07) is 6.26. The molecule has 1 N–H and O–H groups in total. The van der Waals surface area contributed by atoms with Gasteiger partial charge in [0.25, 0.3) is 5.69 Å². The molecule has 0 unspecified atom stereocenters. The average molecular weight is 288 g/mol. The van der Waals surface area contributed by atoms with Crippen molar-refractivity contribution in [3.8, 4) is 0 Å². The second-order valence-electron chi connectivity index (χ2n) is 4.56. The number of hydrogen-bond donors (Lipinski definition) is 1. The zero-order valence-electron chi connectivity index (χ0n) is 11.7. The van der Waals surface area contributed by atoms with Crippen LogP contribution in [0.15, 0.2) is 41.5 Å². The minimum Gasteiger partial charge on any atom is -0.385 e. The Morgan fingerprint density at radius 3 is 2.90 bits per heavy atom. The van der Waals surface area contributed by atoms with Crippen LogP contribution in [0.2, 0.25) is 0 Å². The lowest BCUT2D eigenvalue weighted by molar-refractivity contribution is -0.384. The van der Waals surface area contributed by atoms with Crippen LogP contribution < -0.4 is 11.0 Å². The molecule has 0 saturated carbocycles. The summed E-state index contributed by atoms with van der Waals surface area (Å²) in [5.74, 6) is 0. The van der Waals surface area contributed by atoms with Crippen LogP contribution in [-0.4, -0.2) is 21.0 Å². The lowest BCUT2D eigenvalue weighted by Gasteiger charge is -2.12. The lowest BCUT2D eigenvalue weighted by atomic mass is 10.1. The first-order chi connectivity index (χ1) is 10.1. The van der Waals surface area contributed by atoms with E-state index in [0.717, 1.165) is 18.7 Å². The van der Waals surface area contributed by atoms with E-state index in [9.17, 15) is 14.9 Å². The molecule has 1 aromatic heterocycles. The summed E-state index contributed by atoms with van der Waals surface area (Å²) in [7, 11) is 0. The highest BCUT2D eigenvalue weighted by atomic mass is 16.6. The molecule has 0 saturated heterocycles. The van der Waals surface area contributed by atoms with E-state index < -0.39 is 4.92 Å². The van der Waals surface area contributed by atoms with Gasteiger partial charge in [0, 0.05) is 42.3 Å². The summed E-state index contributed by atoms with van der Waals surface area (Å²) in [5.41, 5.74) is 1.10. The first-order valence-electron chi connectivity index (χ1n) is 6.64. The van der Waals surface area contributed by atoms with Gasteiger partial charge in [-0.15, -0.1) is 0 Å². The zero-order valence-corrected chi connectivity index (χ0v) is 11.7. The molecule has 0 atom stereocenters. The molecule has 110 valence electrons. The van der Waals surface area contributed by atoms with E-state index in [1.54, 1.807) is 18.3 Å². The maximum absolute atomic E-state index is 11.7. The fourth-order valence-corrected chi connectivity index (χ4v) is 1.95. The number of nitro groups is 1. The van der Waals surface area contributed by atoms with Gasteiger partial charge in [0.2, 0.25) is 0 Å². The van der Waals surface area contributed by atoms with Crippen LogP contribution in [0.5, 0.6) is 0 Å². The number of benzene rings is 1. The summed E-state index contributed by atoms with van der Waals surface area (Å²) < 4.78 is 1.41. The van der Waals surface area contributed by atoms with E-state index in [1.807, 2.05) is 6.92 Å². The van der Waals surface area contributed by atoms with Gasteiger partial charge in [0.05, 0.1) is 11.5 Å². The monoisotopic (exact) mass is 288 g/mol. The summed E-state index contributed by atoms with van der Waals surface area (Å²) in [5, 5.41) is 14.1. The Morgan fingerprint density at radius 1 is 1.43 bits per heavy atom. The van der Waals surface area contributed by atoms with E-state index in [4.69, 9.17) is 0 Å². The first-order valence-corrected chi connectivity index (χ1v) is 6.64. The smallest absolute Gasteiger partial charge is 0.347 e. The maximum Gasteiger partial charge on any atom is 0.347 e. The normalized spacial score (nSPS) is 10.3. The fraction of sp³-hybridized carbons (Fsp3) is 0.286. The van der Waals surface area contributed by atoms with Gasteiger partial charge >= 0.3 is 5.69 Å². The van der Waals surface area contributed by atoms with Gasteiger partial charge in [-0.3, -0.25) is 14.7 Å². The molecule has 0 radical (unpaired) electrons. The summed E-state index contributed by atoms with van der Waals surface area (Å²) in [6.45, 7) is 3.02. The standard InChI is InChI=1S/C14H16N4O3/c1-2-6-15-13-5-4-12(18(20)21)9-11(13)10-17-8-3-7-16-14(17)19/h3-5,7-9,15H,2,6,10H2,1H3. The average Bonchev–Trinajstić information content (AvgIpc) is 2.48. The fourth-order valence-electron chi connectivity index (χ4n) is 1.95. The van der Waals surface area contributed by atoms with Crippen molar-refractivity contribution in [3.05, 3.63) is 62.8 Å². The molecule has 0 aliphatic carbocycles. The molecule has 2 rings (SSSR count). The minimum absolute atomic E-state index is 0.00369. The lowest BCUT2D eigenvalue weighted by Crippen LogP contribution is -2.22. The van der Waals surface area contributed by atoms with Crippen molar-refractivity contribution < 1.29 is 4.92 Å². The van der Waals surface area contributed by atoms with E-state index in [0.29, 0.717) is 5.56 Å². The number of hydrogen-bond acceptors (Lipinski definition) is 5. The second kappa shape index (κ2) is 6.65. The number of nitrogens with one attached hydrogen (secondary N) is 1. The Labute approximate surface area is 121 Å². The third-order valence-corrected chi connectivity index (χ3v) is 2.99. The van der Waals surface area contributed by atoms with E-state index >= 15 is 0 Å². The van der Waals surface area contributed by atoms with Crippen molar-refractivity contribution >= 4 is 11.4 Å². The number of nitrogens with zero attached hydrogens (tertiary/aromatic N) is 3. The molecule has 2 aromatic rings. The van der Waals surface area contributed by atoms with Crippen molar-refractivity contribution in [2.24, 2.45) is 0 Å². The van der Waals surface area contributed by atoms with Gasteiger partial charge in [-0.2, -0.15) is 0 Å². The number of rotatable bonds is 6. The molecule has 0 spiro atoms. The molecule has 0 aliphatic heterocycles. The van der Waals surface area contributed by atoms with E-state index in [1.165, 1.54) is 22.9 Å². The third kappa shape index (κ3) is 3.65. The Balaban J connectivity index is 2.38. The van der Waals surface area contributed by atoms with Crippen LogP contribution >= 0.6 is 0 Å². The highest BCUT2D eigenvalue weighted by Gasteiger charge is 2.11. The summed E-state index contributed by atoms with van der Waals surface area (Å²) in [6.07, 6.45) is 3.96. The van der Waals surface area contributed by atoms with Crippen molar-refractivity contribution in [1.82, 2.24) is 9.55 Å². The topological polar surface area (TPSA) is 90.1 Å². The van der Waals surface area contributed by atoms with Gasteiger partial charge in [-0.25, -0.2) is 9.78 Å². The summed E-state index contributed by atoms with van der Waals surface area (Å²) >= 11 is 0. The van der Waals surface area contributed by atoms with Crippen LogP contribution in [0.25, 0.3) is 0 Å². The first kappa shape index (κ1) is 14.7. The van der Waals surface area contributed by atoms with Gasteiger partial charge in [0.1, 0.15) is 0 Å². The van der Waals surface area contributed by atoms with Crippen LogP contribution in [0.4, 0.5) is 11.4 Å². The highest BCUT2D eigenvalue weighted by Crippen LogP contribution is 2.22. The quantitative estimate of drug-likeness (QED) is 0.648. The van der Waals surface area contributed by atoms with Crippen LogP contribution in [-0.2, 0) is 6.54 Å². The van der Waals surface area contributed by atoms with Gasteiger partial charge in [0.15, 0.2) is 0 Å². The molecule has 0 bridgehead atoms. The summed E-state index contributed by atoms with van der Waals surface area (Å²) in [4.78, 5) is 25.8. The zero-order chi connectivity index (χ0) is 15.2. The largest absolute Gasteiger partial charge is 0.385 e. The molecule has 0 fully saturated rings. The maximum atomic E-state index is 11.7. The molecular formula is C14H16N4O3. The molecule has 1 aromatic carbocycles. The van der Waals surface area contributed by atoms with Crippen molar-refractivity contribution in [3.63, 3.8) is 0 Å². The second-order valence-corrected chi connectivity index (χ2v) is 4.56. The van der Waals surface area contributed by atoms with Gasteiger partial charge in [-0.1, -0.05) is 6.92 Å². The van der Waals surface area contributed by atoms with Crippen LogP contribution in [0, 0.1) is 10.1 Å². The third-order valence-electron chi connectivity index (χ3n) is 2.99. The number of non-ortho nitro benzene ring substituents is 1. The Morgan fingerprint density at radius 2 is 2.24 bits per heavy atom. The predicted molar refractivity (Wildman–Crippen MR) is 79.5 cm³/mol. The Bertz CT molecular complexity index is 697. The van der Waals surface area contributed by atoms with Gasteiger partial charge < -0.3 is 5.32 Å². The van der Waals surface area contributed by atoms with E-state index in [-0.39, 0.29) is 17.9 Å². The van der Waals surface area contributed by atoms with Crippen LogP contribution in [0.3, 0.4) is 0 Å². The highest BCUT2D eigenvalue weighted by molar-refractivity contribution is 5.56. The number of nitro benzene ring substituents is 1. The van der Waals surface area contributed by atoms with E-state index in [2.05, 4.69) is 10.3 Å². The van der Waals surface area contributed by atoms with Crippen molar-refractivity contribution in [2.75, 3.05) is 11.9 Å². The molecule has 0 aliphatic rings. The molecule has 21 heavy (non-hydrogen) atoms. The predicted octanol–water partition coefficient (Wildman–Crippen LogP) is 2.02. The Kier molecular flexibility index (Phi) is 4.65. The van der Waals surface area contributed by atoms with Crippen molar-refractivity contribution in [1.29, 1.82) is 0 Å². The van der Waals surface area contributed by atoms with Crippen LogP contribution in [0.1, 0.15) is 18.9 Å². The molecule has 1 heterocycles. The molecular weight excluding hydrogens is 272 g/mol. The number of aromatic nitrogens is 2. The number of anilines is 1. The van der Waals surface area contributed by atoms with Gasteiger partial charge in [-0.05, 0) is 18.6 Å². The molecule has 7 nitrogen and oxygen atoms in total. The minimum atomic E-state index is -0.445.